The maximum absolute atomic E-state index is 13.0. The first kappa shape index (κ1) is 14.7. The molecule has 1 aliphatic rings. The summed E-state index contributed by atoms with van der Waals surface area (Å²) >= 11 is 1.30. The van der Waals surface area contributed by atoms with Crippen LogP contribution in [0.2, 0.25) is 0 Å². The lowest BCUT2D eigenvalue weighted by atomic mass is 10.1. The molecular weight excluding hydrogens is 275 g/mol. The molecule has 0 saturated carbocycles. The van der Waals surface area contributed by atoms with Gasteiger partial charge >= 0.3 is 6.18 Å². The van der Waals surface area contributed by atoms with Crippen molar-refractivity contribution in [1.82, 2.24) is 0 Å². The van der Waals surface area contributed by atoms with Crippen molar-refractivity contribution in [2.75, 3.05) is 13.2 Å². The van der Waals surface area contributed by atoms with Crippen LogP contribution in [0.4, 0.5) is 13.2 Å². The van der Waals surface area contributed by atoms with E-state index in [1.807, 2.05) is 0 Å². The summed E-state index contributed by atoms with van der Waals surface area (Å²) in [5.41, 5.74) is 5.33. The minimum atomic E-state index is -4.33. The van der Waals surface area contributed by atoms with Gasteiger partial charge in [-0.3, -0.25) is 0 Å². The normalized spacial score (nSPS) is 17.7. The van der Waals surface area contributed by atoms with E-state index in [1.54, 1.807) is 6.07 Å². The average molecular weight is 291 g/mol. The molecule has 0 aromatic heterocycles. The third-order valence-corrected chi connectivity index (χ3v) is 4.46. The predicted molar refractivity (Wildman–Crippen MR) is 69.0 cm³/mol. The Bertz CT molecular complexity index is 430. The molecule has 6 heteroatoms. The highest BCUT2D eigenvalue weighted by molar-refractivity contribution is 8.00. The molecule has 0 atom stereocenters. The minimum absolute atomic E-state index is 0.116. The molecular formula is C13H16F3NOS. The molecule has 1 saturated heterocycles. The summed E-state index contributed by atoms with van der Waals surface area (Å²) in [6, 6.07) is 4.35. The van der Waals surface area contributed by atoms with E-state index < -0.39 is 11.7 Å². The molecule has 0 aliphatic carbocycles. The summed E-state index contributed by atoms with van der Waals surface area (Å²) in [5, 5.41) is 0.193. The zero-order valence-corrected chi connectivity index (χ0v) is 11.2. The summed E-state index contributed by atoms with van der Waals surface area (Å²) < 4.78 is 44.3. The van der Waals surface area contributed by atoms with Gasteiger partial charge < -0.3 is 10.5 Å². The second-order valence-corrected chi connectivity index (χ2v) is 5.80. The Hall–Kier alpha value is -0.720. The molecule has 1 aliphatic heterocycles. The number of nitrogens with two attached hydrogens (primary N) is 1. The summed E-state index contributed by atoms with van der Waals surface area (Å²) in [7, 11) is 0. The molecule has 1 aromatic rings. The van der Waals surface area contributed by atoms with Crippen molar-refractivity contribution in [3.8, 4) is 0 Å². The lowest BCUT2D eigenvalue weighted by molar-refractivity contribution is -0.139. The van der Waals surface area contributed by atoms with Crippen molar-refractivity contribution in [3.05, 3.63) is 29.3 Å². The Morgan fingerprint density at radius 3 is 2.53 bits per heavy atom. The molecule has 19 heavy (non-hydrogen) atoms. The topological polar surface area (TPSA) is 35.2 Å². The van der Waals surface area contributed by atoms with Crippen LogP contribution in [0.15, 0.2) is 23.1 Å². The van der Waals surface area contributed by atoms with Gasteiger partial charge in [-0.25, -0.2) is 0 Å². The van der Waals surface area contributed by atoms with Gasteiger partial charge in [0.05, 0.1) is 5.56 Å². The summed E-state index contributed by atoms with van der Waals surface area (Å²) in [5.74, 6) is 0. The number of benzene rings is 1. The van der Waals surface area contributed by atoms with E-state index in [0.29, 0.717) is 18.8 Å². The van der Waals surface area contributed by atoms with Gasteiger partial charge in [-0.15, -0.1) is 11.8 Å². The maximum Gasteiger partial charge on any atom is 0.417 e. The third kappa shape index (κ3) is 3.87. The molecule has 0 unspecified atom stereocenters. The Morgan fingerprint density at radius 2 is 1.95 bits per heavy atom. The molecule has 0 spiro atoms. The Kier molecular flexibility index (Phi) is 4.76. The van der Waals surface area contributed by atoms with Crippen molar-refractivity contribution >= 4 is 11.8 Å². The SMILES string of the molecule is NCc1ccc(SC2CCOCC2)c(C(F)(F)F)c1. The Labute approximate surface area is 114 Å². The zero-order valence-electron chi connectivity index (χ0n) is 10.4. The number of hydrogen-bond donors (Lipinski definition) is 1. The van der Waals surface area contributed by atoms with Crippen molar-refractivity contribution in [1.29, 1.82) is 0 Å². The van der Waals surface area contributed by atoms with Crippen LogP contribution in [0, 0.1) is 0 Å². The predicted octanol–water partition coefficient (Wildman–Crippen LogP) is 3.44. The van der Waals surface area contributed by atoms with Gasteiger partial charge in [-0.2, -0.15) is 13.2 Å². The lowest BCUT2D eigenvalue weighted by Gasteiger charge is -2.23. The molecule has 1 aromatic carbocycles. The van der Waals surface area contributed by atoms with Crippen LogP contribution in [-0.4, -0.2) is 18.5 Å². The summed E-state index contributed by atoms with van der Waals surface area (Å²) in [4.78, 5) is 0.289. The highest BCUT2D eigenvalue weighted by Gasteiger charge is 2.34. The van der Waals surface area contributed by atoms with E-state index in [2.05, 4.69) is 0 Å². The first-order chi connectivity index (χ1) is 9.00. The molecule has 1 heterocycles. The standard InChI is InChI=1S/C13H16F3NOS/c14-13(15,16)11-7-9(8-17)1-2-12(11)19-10-3-5-18-6-4-10/h1-2,7,10H,3-6,8,17H2. The molecule has 0 radical (unpaired) electrons. The van der Waals surface area contributed by atoms with E-state index in [4.69, 9.17) is 10.5 Å². The first-order valence-corrected chi connectivity index (χ1v) is 7.03. The van der Waals surface area contributed by atoms with Crippen molar-refractivity contribution in [2.45, 2.75) is 35.7 Å². The number of halogens is 3. The van der Waals surface area contributed by atoms with Crippen LogP contribution in [0.1, 0.15) is 24.0 Å². The minimum Gasteiger partial charge on any atom is -0.381 e. The van der Waals surface area contributed by atoms with E-state index in [1.165, 1.54) is 17.8 Å². The Morgan fingerprint density at radius 1 is 1.26 bits per heavy atom. The number of rotatable bonds is 3. The number of thioether (sulfide) groups is 1. The van der Waals surface area contributed by atoms with Gasteiger partial charge in [0.1, 0.15) is 0 Å². The highest BCUT2D eigenvalue weighted by Crippen LogP contribution is 2.40. The summed E-state index contributed by atoms with van der Waals surface area (Å²) in [6.07, 6.45) is -2.75. The van der Waals surface area contributed by atoms with E-state index in [9.17, 15) is 13.2 Å². The van der Waals surface area contributed by atoms with Crippen LogP contribution in [0.25, 0.3) is 0 Å². The molecule has 0 bridgehead atoms. The fourth-order valence-corrected chi connectivity index (χ4v) is 3.24. The molecule has 2 rings (SSSR count). The zero-order chi connectivity index (χ0) is 13.9. The number of ether oxygens (including phenoxy) is 1. The second-order valence-electron chi connectivity index (χ2n) is 4.46. The quantitative estimate of drug-likeness (QED) is 0.926. The smallest absolute Gasteiger partial charge is 0.381 e. The molecule has 1 fully saturated rings. The van der Waals surface area contributed by atoms with E-state index in [0.717, 1.165) is 18.9 Å². The van der Waals surface area contributed by atoms with Crippen LogP contribution < -0.4 is 5.73 Å². The van der Waals surface area contributed by atoms with E-state index in [-0.39, 0.29) is 16.7 Å². The second kappa shape index (κ2) is 6.15. The van der Waals surface area contributed by atoms with Gasteiger partial charge in [-0.05, 0) is 30.5 Å². The van der Waals surface area contributed by atoms with Crippen LogP contribution in [0.5, 0.6) is 0 Å². The van der Waals surface area contributed by atoms with Crippen LogP contribution >= 0.6 is 11.8 Å². The fraction of sp³-hybridized carbons (Fsp3) is 0.538. The highest BCUT2D eigenvalue weighted by atomic mass is 32.2. The lowest BCUT2D eigenvalue weighted by Crippen LogP contribution is -2.18. The van der Waals surface area contributed by atoms with Crippen molar-refractivity contribution < 1.29 is 17.9 Å². The van der Waals surface area contributed by atoms with Crippen LogP contribution in [-0.2, 0) is 17.5 Å². The first-order valence-electron chi connectivity index (χ1n) is 6.15. The number of hydrogen-bond acceptors (Lipinski definition) is 3. The number of alkyl halides is 3. The van der Waals surface area contributed by atoms with Gasteiger partial charge in [0.25, 0.3) is 0 Å². The average Bonchev–Trinajstić information content (AvgIpc) is 2.39. The van der Waals surface area contributed by atoms with Gasteiger partial charge in [0, 0.05) is 29.9 Å². The Balaban J connectivity index is 2.23. The van der Waals surface area contributed by atoms with Gasteiger partial charge in [-0.1, -0.05) is 6.07 Å². The molecule has 2 nitrogen and oxygen atoms in total. The molecule has 2 N–H and O–H groups in total. The van der Waals surface area contributed by atoms with Crippen LogP contribution in [0.3, 0.4) is 0 Å². The summed E-state index contributed by atoms with van der Waals surface area (Å²) in [6.45, 7) is 1.37. The monoisotopic (exact) mass is 291 g/mol. The van der Waals surface area contributed by atoms with Gasteiger partial charge in [0.15, 0.2) is 0 Å². The van der Waals surface area contributed by atoms with Crippen molar-refractivity contribution in [2.24, 2.45) is 5.73 Å². The third-order valence-electron chi connectivity index (χ3n) is 3.05. The van der Waals surface area contributed by atoms with Gasteiger partial charge in [0.2, 0.25) is 0 Å². The molecule has 106 valence electrons. The maximum atomic E-state index is 13.0. The fourth-order valence-electron chi connectivity index (χ4n) is 2.00. The van der Waals surface area contributed by atoms with E-state index >= 15 is 0 Å². The van der Waals surface area contributed by atoms with Crippen molar-refractivity contribution in [3.63, 3.8) is 0 Å². The molecule has 0 amide bonds. The largest absolute Gasteiger partial charge is 0.417 e.